The van der Waals surface area contributed by atoms with Gasteiger partial charge in [-0.15, -0.1) is 0 Å². The zero-order chi connectivity index (χ0) is 14.8. The number of nitrogens with zero attached hydrogens (tertiary/aromatic N) is 1. The molecule has 1 saturated carbocycles. The molecule has 0 amide bonds. The Balaban J connectivity index is 2.30. The average molecular weight is 296 g/mol. The Kier molecular flexibility index (Phi) is 4.83. The van der Waals surface area contributed by atoms with Gasteiger partial charge in [0.05, 0.1) is 4.90 Å². The third kappa shape index (κ3) is 3.40. The highest BCUT2D eigenvalue weighted by molar-refractivity contribution is 7.89. The summed E-state index contributed by atoms with van der Waals surface area (Å²) < 4.78 is 27.1. The molecule has 112 valence electrons. The number of hydrogen-bond acceptors (Lipinski definition) is 3. The number of nitrogens with two attached hydrogens (primary N) is 1. The molecule has 1 aromatic carbocycles. The topological polar surface area (TPSA) is 63.4 Å². The number of rotatable bonds is 7. The van der Waals surface area contributed by atoms with Gasteiger partial charge in [-0.3, -0.25) is 0 Å². The number of sulfonamides is 1. The van der Waals surface area contributed by atoms with E-state index in [2.05, 4.69) is 0 Å². The van der Waals surface area contributed by atoms with Crippen LogP contribution in [0.5, 0.6) is 0 Å². The summed E-state index contributed by atoms with van der Waals surface area (Å²) in [5.41, 5.74) is 7.61. The van der Waals surface area contributed by atoms with Crippen molar-refractivity contribution in [2.24, 2.45) is 11.7 Å². The van der Waals surface area contributed by atoms with Crippen LogP contribution in [-0.4, -0.2) is 25.8 Å². The maximum absolute atomic E-state index is 12.8. The zero-order valence-electron chi connectivity index (χ0n) is 12.3. The van der Waals surface area contributed by atoms with E-state index in [0.29, 0.717) is 30.4 Å². The van der Waals surface area contributed by atoms with Crippen molar-refractivity contribution < 1.29 is 8.42 Å². The predicted octanol–water partition coefficient (Wildman–Crippen LogP) is 2.26. The second kappa shape index (κ2) is 6.24. The fraction of sp³-hybridized carbons (Fsp3) is 0.600. The Morgan fingerprint density at radius 2 is 2.05 bits per heavy atom. The summed E-state index contributed by atoms with van der Waals surface area (Å²) in [5.74, 6) is 0.552. The van der Waals surface area contributed by atoms with E-state index in [0.717, 1.165) is 30.4 Å². The van der Waals surface area contributed by atoms with Gasteiger partial charge in [0, 0.05) is 19.6 Å². The van der Waals surface area contributed by atoms with Gasteiger partial charge < -0.3 is 5.73 Å². The molecule has 0 aliphatic heterocycles. The summed E-state index contributed by atoms with van der Waals surface area (Å²) in [6, 6.07) is 5.26. The Hall–Kier alpha value is -0.910. The number of aryl methyl sites for hydroxylation is 1. The molecule has 0 spiro atoms. The highest BCUT2D eigenvalue weighted by Gasteiger charge is 2.31. The lowest BCUT2D eigenvalue weighted by Crippen LogP contribution is -2.33. The van der Waals surface area contributed by atoms with Gasteiger partial charge in [-0.2, -0.15) is 4.31 Å². The lowest BCUT2D eigenvalue weighted by Gasteiger charge is -2.22. The Morgan fingerprint density at radius 3 is 2.60 bits per heavy atom. The maximum Gasteiger partial charge on any atom is 0.243 e. The summed E-state index contributed by atoms with van der Waals surface area (Å²) in [4.78, 5) is 0.373. The molecule has 2 rings (SSSR count). The monoisotopic (exact) mass is 296 g/mol. The minimum absolute atomic E-state index is 0.367. The molecular weight excluding hydrogens is 272 g/mol. The molecule has 0 radical (unpaired) electrons. The lowest BCUT2D eigenvalue weighted by atomic mass is 10.1. The zero-order valence-corrected chi connectivity index (χ0v) is 13.1. The van der Waals surface area contributed by atoms with Crippen LogP contribution < -0.4 is 5.73 Å². The third-order valence-electron chi connectivity index (χ3n) is 3.81. The SMILES string of the molecule is CCCN(CC1CC1)S(=O)(=O)c1ccc(C)c(CN)c1. The van der Waals surface area contributed by atoms with E-state index in [1.807, 2.05) is 19.9 Å². The van der Waals surface area contributed by atoms with Gasteiger partial charge in [-0.25, -0.2) is 8.42 Å². The molecule has 1 aliphatic carbocycles. The van der Waals surface area contributed by atoms with Gasteiger partial charge in [0.15, 0.2) is 0 Å². The molecule has 0 unspecified atom stereocenters. The first kappa shape index (κ1) is 15.5. The quantitative estimate of drug-likeness (QED) is 0.839. The Bertz CT molecular complexity index is 565. The molecule has 2 N–H and O–H groups in total. The minimum Gasteiger partial charge on any atom is -0.326 e. The van der Waals surface area contributed by atoms with Crippen molar-refractivity contribution in [2.75, 3.05) is 13.1 Å². The molecule has 20 heavy (non-hydrogen) atoms. The van der Waals surface area contributed by atoms with E-state index >= 15 is 0 Å². The summed E-state index contributed by atoms with van der Waals surface area (Å²) >= 11 is 0. The van der Waals surface area contributed by atoms with Crippen LogP contribution in [0.15, 0.2) is 23.1 Å². The van der Waals surface area contributed by atoms with Crippen molar-refractivity contribution in [2.45, 2.75) is 44.6 Å². The Morgan fingerprint density at radius 1 is 1.35 bits per heavy atom. The second-order valence-electron chi connectivity index (χ2n) is 5.60. The molecule has 1 aromatic rings. The van der Waals surface area contributed by atoms with Gasteiger partial charge in [-0.05, 0) is 55.4 Å². The average Bonchev–Trinajstić information content (AvgIpc) is 3.22. The molecule has 4 nitrogen and oxygen atoms in total. The molecular formula is C15H24N2O2S. The van der Waals surface area contributed by atoms with Crippen molar-refractivity contribution >= 4 is 10.0 Å². The van der Waals surface area contributed by atoms with E-state index in [1.165, 1.54) is 0 Å². The van der Waals surface area contributed by atoms with Crippen LogP contribution in [0.25, 0.3) is 0 Å². The first-order valence-corrected chi connectivity index (χ1v) is 8.72. The van der Waals surface area contributed by atoms with E-state index in [-0.39, 0.29) is 0 Å². The predicted molar refractivity (Wildman–Crippen MR) is 80.8 cm³/mol. The van der Waals surface area contributed by atoms with Crippen LogP contribution in [0.1, 0.15) is 37.3 Å². The molecule has 0 heterocycles. The molecule has 5 heteroatoms. The van der Waals surface area contributed by atoms with Crippen LogP contribution in [-0.2, 0) is 16.6 Å². The van der Waals surface area contributed by atoms with E-state index < -0.39 is 10.0 Å². The largest absolute Gasteiger partial charge is 0.326 e. The van der Waals surface area contributed by atoms with Gasteiger partial charge in [0.1, 0.15) is 0 Å². The summed E-state index contributed by atoms with van der Waals surface area (Å²) in [5, 5.41) is 0. The fourth-order valence-electron chi connectivity index (χ4n) is 2.32. The van der Waals surface area contributed by atoms with Crippen molar-refractivity contribution in [3.63, 3.8) is 0 Å². The number of hydrogen-bond donors (Lipinski definition) is 1. The van der Waals surface area contributed by atoms with E-state index in [1.54, 1.807) is 16.4 Å². The highest BCUT2D eigenvalue weighted by atomic mass is 32.2. The maximum atomic E-state index is 12.8. The summed E-state index contributed by atoms with van der Waals surface area (Å²) in [6.45, 7) is 5.57. The first-order valence-electron chi connectivity index (χ1n) is 7.28. The van der Waals surface area contributed by atoms with Crippen LogP contribution in [0.4, 0.5) is 0 Å². The summed E-state index contributed by atoms with van der Waals surface area (Å²) in [6.07, 6.45) is 3.14. The lowest BCUT2D eigenvalue weighted by molar-refractivity contribution is 0.395. The first-order chi connectivity index (χ1) is 9.48. The van der Waals surface area contributed by atoms with Gasteiger partial charge >= 0.3 is 0 Å². The standard InChI is InChI=1S/C15H24N2O2S/c1-3-8-17(11-13-5-6-13)20(18,19)15-7-4-12(2)14(9-15)10-16/h4,7,9,13H,3,5-6,8,10-11,16H2,1-2H3. The van der Waals surface area contributed by atoms with Crippen molar-refractivity contribution in [1.29, 1.82) is 0 Å². The fourth-order valence-corrected chi connectivity index (χ4v) is 3.98. The van der Waals surface area contributed by atoms with Crippen molar-refractivity contribution in [3.8, 4) is 0 Å². The summed E-state index contributed by atoms with van der Waals surface area (Å²) in [7, 11) is -3.39. The molecule has 0 saturated heterocycles. The van der Waals surface area contributed by atoms with Crippen LogP contribution >= 0.6 is 0 Å². The van der Waals surface area contributed by atoms with Crippen molar-refractivity contribution in [3.05, 3.63) is 29.3 Å². The minimum atomic E-state index is -3.39. The van der Waals surface area contributed by atoms with Crippen LogP contribution in [0, 0.1) is 12.8 Å². The molecule has 0 aromatic heterocycles. The molecule has 0 bridgehead atoms. The van der Waals surface area contributed by atoms with Gasteiger partial charge in [-0.1, -0.05) is 13.0 Å². The molecule has 0 atom stereocenters. The molecule has 1 fully saturated rings. The highest BCUT2D eigenvalue weighted by Crippen LogP contribution is 2.32. The van der Waals surface area contributed by atoms with E-state index in [9.17, 15) is 8.42 Å². The van der Waals surface area contributed by atoms with Gasteiger partial charge in [0.25, 0.3) is 0 Å². The normalized spacial score (nSPS) is 15.8. The van der Waals surface area contributed by atoms with Gasteiger partial charge in [0.2, 0.25) is 10.0 Å². The van der Waals surface area contributed by atoms with Crippen LogP contribution in [0.2, 0.25) is 0 Å². The third-order valence-corrected chi connectivity index (χ3v) is 5.67. The van der Waals surface area contributed by atoms with Crippen molar-refractivity contribution in [1.82, 2.24) is 4.31 Å². The van der Waals surface area contributed by atoms with Crippen LogP contribution in [0.3, 0.4) is 0 Å². The molecule has 1 aliphatic rings. The van der Waals surface area contributed by atoms with E-state index in [4.69, 9.17) is 5.73 Å². The Labute approximate surface area is 122 Å². The smallest absolute Gasteiger partial charge is 0.243 e. The number of benzene rings is 1. The second-order valence-corrected chi connectivity index (χ2v) is 7.54.